The molecule has 10 nitrogen and oxygen atoms in total. The molecule has 2 aliphatic heterocycles. The number of halogens is 1. The van der Waals surface area contributed by atoms with Gasteiger partial charge < -0.3 is 15.5 Å². The summed E-state index contributed by atoms with van der Waals surface area (Å²) in [5.41, 5.74) is 1.45. The highest BCUT2D eigenvalue weighted by Gasteiger charge is 2.41. The Balaban J connectivity index is 1.38. The van der Waals surface area contributed by atoms with E-state index in [0.717, 1.165) is 5.69 Å². The van der Waals surface area contributed by atoms with E-state index in [4.69, 9.17) is 11.6 Å². The van der Waals surface area contributed by atoms with Gasteiger partial charge in [0.2, 0.25) is 5.91 Å². The molecule has 1 fully saturated rings. The van der Waals surface area contributed by atoms with E-state index in [9.17, 15) is 14.4 Å². The number of piperazine rings is 1. The predicted molar refractivity (Wildman–Crippen MR) is 136 cm³/mol. The monoisotopic (exact) mass is 519 g/mol. The van der Waals surface area contributed by atoms with Crippen molar-refractivity contribution < 1.29 is 14.4 Å². The Morgan fingerprint density at radius 2 is 1.80 bits per heavy atom. The molecular weight excluding hydrogens is 490 g/mol. The molecule has 1 atom stereocenters. The summed E-state index contributed by atoms with van der Waals surface area (Å²) in [6, 6.07) is 5.46. The third-order valence-electron chi connectivity index (χ3n) is 6.49. The molecule has 4 rings (SSSR count). The van der Waals surface area contributed by atoms with Gasteiger partial charge in [0.1, 0.15) is 11.9 Å². The number of hydrazine groups is 1. The van der Waals surface area contributed by atoms with Crippen LogP contribution in [0.5, 0.6) is 0 Å². The maximum Gasteiger partial charge on any atom is 0.344 e. The summed E-state index contributed by atoms with van der Waals surface area (Å²) < 4.78 is 1.09. The number of hydrogen-bond donors (Lipinski definition) is 2. The number of benzene rings is 1. The van der Waals surface area contributed by atoms with Crippen LogP contribution in [0.3, 0.4) is 0 Å². The molecular formula is C23H30ClN7O3S. The molecule has 0 aliphatic carbocycles. The molecule has 35 heavy (non-hydrogen) atoms. The lowest BCUT2D eigenvalue weighted by Gasteiger charge is -2.42. The van der Waals surface area contributed by atoms with Crippen molar-refractivity contribution in [1.82, 2.24) is 29.8 Å². The number of aromatic nitrogens is 2. The van der Waals surface area contributed by atoms with Crippen molar-refractivity contribution in [2.75, 3.05) is 37.8 Å². The number of thioether (sulfide) groups is 1. The Kier molecular flexibility index (Phi) is 7.30. The van der Waals surface area contributed by atoms with Crippen LogP contribution in [-0.2, 0) is 11.3 Å². The van der Waals surface area contributed by atoms with Gasteiger partial charge in [-0.3, -0.25) is 9.80 Å². The summed E-state index contributed by atoms with van der Waals surface area (Å²) in [4.78, 5) is 45.1. The van der Waals surface area contributed by atoms with Gasteiger partial charge in [0.05, 0.1) is 18.4 Å². The number of carbonyl (C=O) groups is 3. The number of nitrogens with zero attached hydrogens (tertiary/aromatic N) is 5. The van der Waals surface area contributed by atoms with Gasteiger partial charge in [-0.15, -0.1) is 0 Å². The number of hydrogen-bond acceptors (Lipinski definition) is 6. The summed E-state index contributed by atoms with van der Waals surface area (Å²) in [6.07, 6.45) is 3.64. The maximum absolute atomic E-state index is 13.6. The number of fused-ring (bicyclic) bond motifs is 1. The van der Waals surface area contributed by atoms with Crippen LogP contribution in [0.15, 0.2) is 30.5 Å². The van der Waals surface area contributed by atoms with Gasteiger partial charge in [-0.25, -0.2) is 24.1 Å². The SMILES string of the molecule is CSC(C)(C)[C@@H](NC(=O)Nc1ccc(Cl)cc1)C(=O)N1CCN(N2Cc3cnc(C)n3C2=O)CC1. The van der Waals surface area contributed by atoms with Gasteiger partial charge in [-0.2, -0.15) is 11.8 Å². The molecule has 2 aliphatic rings. The average molecular weight is 520 g/mol. The summed E-state index contributed by atoms with van der Waals surface area (Å²) in [7, 11) is 0. The van der Waals surface area contributed by atoms with Gasteiger partial charge in [0.25, 0.3) is 0 Å². The fraction of sp³-hybridized carbons (Fsp3) is 0.478. The molecule has 1 aromatic heterocycles. The van der Waals surface area contributed by atoms with E-state index in [1.54, 1.807) is 44.9 Å². The molecule has 0 spiro atoms. The lowest BCUT2D eigenvalue weighted by molar-refractivity contribution is -0.137. The highest BCUT2D eigenvalue weighted by molar-refractivity contribution is 8.00. The molecule has 1 saturated heterocycles. The van der Waals surface area contributed by atoms with Crippen LogP contribution < -0.4 is 10.6 Å². The Morgan fingerprint density at radius 1 is 1.14 bits per heavy atom. The molecule has 3 heterocycles. The Bertz CT molecular complexity index is 1110. The van der Waals surface area contributed by atoms with Crippen molar-refractivity contribution in [1.29, 1.82) is 0 Å². The van der Waals surface area contributed by atoms with E-state index < -0.39 is 16.8 Å². The second-order valence-electron chi connectivity index (χ2n) is 9.10. The van der Waals surface area contributed by atoms with E-state index in [0.29, 0.717) is 49.3 Å². The number of anilines is 1. The average Bonchev–Trinajstić information content (AvgIpc) is 3.38. The summed E-state index contributed by atoms with van der Waals surface area (Å²) in [6.45, 7) is 8.12. The first-order valence-corrected chi connectivity index (χ1v) is 13.0. The molecule has 4 amide bonds. The van der Waals surface area contributed by atoms with E-state index in [-0.39, 0.29) is 11.9 Å². The van der Waals surface area contributed by atoms with Crippen LogP contribution in [0.2, 0.25) is 5.02 Å². The first-order chi connectivity index (χ1) is 16.6. The van der Waals surface area contributed by atoms with Crippen LogP contribution in [0.4, 0.5) is 15.3 Å². The highest BCUT2D eigenvalue weighted by Crippen LogP contribution is 2.28. The lowest BCUT2D eigenvalue weighted by atomic mass is 10.0. The van der Waals surface area contributed by atoms with Crippen molar-refractivity contribution in [3.63, 3.8) is 0 Å². The van der Waals surface area contributed by atoms with E-state index in [1.807, 2.05) is 32.0 Å². The van der Waals surface area contributed by atoms with Crippen molar-refractivity contribution in [2.45, 2.75) is 38.1 Å². The second-order valence-corrected chi connectivity index (χ2v) is 11.0. The van der Waals surface area contributed by atoms with E-state index in [2.05, 4.69) is 15.6 Å². The number of urea groups is 1. The number of nitrogens with one attached hydrogen (secondary N) is 2. The highest BCUT2D eigenvalue weighted by atomic mass is 35.5. The van der Waals surface area contributed by atoms with Crippen LogP contribution >= 0.6 is 23.4 Å². The summed E-state index contributed by atoms with van der Waals surface area (Å²) in [5, 5.41) is 9.90. The van der Waals surface area contributed by atoms with Gasteiger partial charge in [0, 0.05) is 41.6 Å². The van der Waals surface area contributed by atoms with Crippen LogP contribution in [0, 0.1) is 6.92 Å². The number of aryl methyl sites for hydroxylation is 1. The summed E-state index contributed by atoms with van der Waals surface area (Å²) in [5.74, 6) is 0.528. The molecule has 0 unspecified atom stereocenters. The molecule has 0 saturated carbocycles. The van der Waals surface area contributed by atoms with Gasteiger partial charge >= 0.3 is 12.1 Å². The number of imidazole rings is 1. The minimum atomic E-state index is -0.737. The lowest BCUT2D eigenvalue weighted by Crippen LogP contribution is -2.62. The zero-order valence-electron chi connectivity index (χ0n) is 20.2. The van der Waals surface area contributed by atoms with Crippen molar-refractivity contribution in [3.05, 3.63) is 47.0 Å². The number of amides is 4. The Labute approximate surface area is 213 Å². The predicted octanol–water partition coefficient (Wildman–Crippen LogP) is 3.02. The molecule has 188 valence electrons. The first-order valence-electron chi connectivity index (χ1n) is 11.4. The second kappa shape index (κ2) is 10.1. The smallest absolute Gasteiger partial charge is 0.338 e. The van der Waals surface area contributed by atoms with E-state index in [1.165, 1.54) is 11.8 Å². The zero-order valence-corrected chi connectivity index (χ0v) is 21.8. The fourth-order valence-corrected chi connectivity index (χ4v) is 4.77. The Morgan fingerprint density at radius 3 is 2.40 bits per heavy atom. The largest absolute Gasteiger partial charge is 0.344 e. The van der Waals surface area contributed by atoms with Gasteiger partial charge in [-0.05, 0) is 51.3 Å². The molecule has 12 heteroatoms. The normalized spacial score (nSPS) is 17.3. The molecule has 2 N–H and O–H groups in total. The minimum absolute atomic E-state index is 0.114. The van der Waals surface area contributed by atoms with Crippen LogP contribution in [0.1, 0.15) is 25.4 Å². The minimum Gasteiger partial charge on any atom is -0.338 e. The standard InChI is InChI=1S/C23H30ClN7O3S/c1-15-25-13-18-14-30(22(34)31(15)18)29-11-9-28(10-12-29)20(32)19(23(2,3)35-4)27-21(33)26-17-7-5-16(24)6-8-17/h5-8,13,19H,9-12,14H2,1-4H3,(H2,26,27,33)/t19-/m0/s1. The van der Waals surface area contributed by atoms with Crippen LogP contribution in [-0.4, -0.2) is 85.7 Å². The summed E-state index contributed by atoms with van der Waals surface area (Å²) >= 11 is 7.43. The van der Waals surface area contributed by atoms with Crippen molar-refractivity contribution in [3.8, 4) is 0 Å². The number of carbonyl (C=O) groups excluding carboxylic acids is 3. The zero-order chi connectivity index (χ0) is 25.3. The van der Waals surface area contributed by atoms with Gasteiger partial charge in [0.15, 0.2) is 0 Å². The van der Waals surface area contributed by atoms with E-state index >= 15 is 0 Å². The first kappa shape index (κ1) is 25.3. The molecule has 0 bridgehead atoms. The topological polar surface area (TPSA) is 103 Å². The number of rotatable bonds is 6. The molecule has 2 aromatic rings. The third-order valence-corrected chi connectivity index (χ3v) is 8.03. The molecule has 1 aromatic carbocycles. The third kappa shape index (κ3) is 5.26. The van der Waals surface area contributed by atoms with Crippen molar-refractivity contribution in [2.24, 2.45) is 0 Å². The molecule has 0 radical (unpaired) electrons. The van der Waals surface area contributed by atoms with Gasteiger partial charge in [-0.1, -0.05) is 11.6 Å². The quantitative estimate of drug-likeness (QED) is 0.608. The van der Waals surface area contributed by atoms with Crippen molar-refractivity contribution >= 4 is 47.0 Å². The fourth-order valence-electron chi connectivity index (χ4n) is 4.24. The van der Waals surface area contributed by atoms with Crippen LogP contribution in [0.25, 0.3) is 0 Å². The Hall–Kier alpha value is -2.76. The maximum atomic E-state index is 13.6.